The van der Waals surface area contributed by atoms with Crippen molar-refractivity contribution in [3.8, 4) is 0 Å². The fourth-order valence-corrected chi connectivity index (χ4v) is 8.89. The number of allylic oxidation sites excluding steroid dienone is 1. The normalized spacial score (nSPS) is 16.3. The average molecular weight is 730 g/mol. The maximum atomic E-state index is 6.19. The van der Waals surface area contributed by atoms with Crippen LogP contribution >= 0.6 is 28.6 Å². The standard InChI is InChI=1S/C17H19N2.C15H10.C6H13P.2ClH.Ru/c1-14-7-3-5-9-16(14)18-11-12-19(13-18)17-10-6-4-8-15(17)2;1-2-6-12(7-3-1)15-11-10-13-8-4-5-9-14(13)15;7-6-4-2-1-3-5-6;;;/h3-10,13H,11-12H2,1-2H3;1-9,11H;6H,1-5,7H2;2*1H;/q-1;;;;;+2/p-2. The molecule has 4 aromatic carbocycles. The van der Waals surface area contributed by atoms with Gasteiger partial charge in [-0.05, 0) is 55.6 Å². The Balaban J connectivity index is 0.000000144. The molecule has 2 nitrogen and oxygen atoms in total. The molecule has 1 unspecified atom stereocenters. The van der Waals surface area contributed by atoms with Gasteiger partial charge in [0, 0.05) is 24.5 Å². The molecule has 2 fully saturated rings. The van der Waals surface area contributed by atoms with E-state index in [0.717, 1.165) is 22.9 Å². The molecular formula is C38H42Cl2N2PRu-. The summed E-state index contributed by atoms with van der Waals surface area (Å²) in [5.41, 5.74) is 11.1. The average Bonchev–Trinajstić information content (AvgIpc) is 3.69. The van der Waals surface area contributed by atoms with Crippen molar-refractivity contribution in [2.75, 3.05) is 22.9 Å². The number of hydrogen-bond acceptors (Lipinski definition) is 2. The van der Waals surface area contributed by atoms with Gasteiger partial charge in [0.25, 0.3) is 0 Å². The van der Waals surface area contributed by atoms with Crippen LogP contribution in [-0.2, 0) is 13.5 Å². The van der Waals surface area contributed by atoms with Crippen molar-refractivity contribution in [1.29, 1.82) is 0 Å². The van der Waals surface area contributed by atoms with Crippen molar-refractivity contribution in [2.45, 2.75) is 51.6 Å². The van der Waals surface area contributed by atoms with Crippen LogP contribution in [0.3, 0.4) is 0 Å². The maximum absolute atomic E-state index is 6.19. The predicted octanol–water partition coefficient (Wildman–Crippen LogP) is 10.5. The van der Waals surface area contributed by atoms with Crippen LogP contribution in [0.4, 0.5) is 11.4 Å². The molecule has 232 valence electrons. The summed E-state index contributed by atoms with van der Waals surface area (Å²) in [7, 11) is 15.3. The van der Waals surface area contributed by atoms with Gasteiger partial charge in [-0.25, -0.2) is 0 Å². The zero-order chi connectivity index (χ0) is 30.9. The number of nitrogens with zero attached hydrogens (tertiary/aromatic N) is 2. The Morgan fingerprint density at radius 3 is 1.66 bits per heavy atom. The van der Waals surface area contributed by atoms with Gasteiger partial charge >= 0.3 is 120 Å². The van der Waals surface area contributed by atoms with Crippen LogP contribution in [0.15, 0.2) is 109 Å². The van der Waals surface area contributed by atoms with Crippen molar-refractivity contribution in [3.05, 3.63) is 144 Å². The van der Waals surface area contributed by atoms with Gasteiger partial charge in [-0.3, -0.25) is 0 Å². The Kier molecular flexibility index (Phi) is 12.3. The van der Waals surface area contributed by atoms with Crippen LogP contribution in [0.2, 0.25) is 0 Å². The molecule has 3 aliphatic rings. The second-order valence-electron chi connectivity index (χ2n) is 11.5. The molecule has 0 radical (unpaired) electrons. The third kappa shape index (κ3) is 8.50. The van der Waals surface area contributed by atoms with Gasteiger partial charge < -0.3 is 9.80 Å². The summed E-state index contributed by atoms with van der Waals surface area (Å²) in [6.07, 6.45) is 9.46. The van der Waals surface area contributed by atoms with Crippen LogP contribution in [-0.4, -0.2) is 22.9 Å². The first-order valence-electron chi connectivity index (χ1n) is 15.4. The number of halogens is 2. The van der Waals surface area contributed by atoms with E-state index in [2.05, 4.69) is 124 Å². The number of anilines is 2. The van der Waals surface area contributed by atoms with Gasteiger partial charge in [-0.15, -0.1) is 9.24 Å². The molecule has 0 spiro atoms. The van der Waals surface area contributed by atoms with Gasteiger partial charge in [0.05, 0.1) is 0 Å². The van der Waals surface area contributed by atoms with E-state index < -0.39 is 13.5 Å². The van der Waals surface area contributed by atoms with Crippen LogP contribution in [0.5, 0.6) is 0 Å². The van der Waals surface area contributed by atoms with Gasteiger partial charge in [-0.1, -0.05) is 55.7 Å². The third-order valence-corrected chi connectivity index (χ3v) is 12.1. The van der Waals surface area contributed by atoms with Crippen molar-refractivity contribution in [1.82, 2.24) is 0 Å². The monoisotopic (exact) mass is 729 g/mol. The first kappa shape index (κ1) is 33.1. The molecule has 7 rings (SSSR count). The van der Waals surface area contributed by atoms with E-state index in [4.69, 9.17) is 19.4 Å². The molecule has 1 aliphatic heterocycles. The van der Waals surface area contributed by atoms with Gasteiger partial charge in [-0.2, -0.15) is 6.67 Å². The van der Waals surface area contributed by atoms with E-state index in [1.54, 1.807) is 0 Å². The molecule has 1 saturated carbocycles. The zero-order valence-corrected chi connectivity index (χ0v) is 30.0. The van der Waals surface area contributed by atoms with Gasteiger partial charge in [0.2, 0.25) is 0 Å². The van der Waals surface area contributed by atoms with Crippen LogP contribution in [0.25, 0.3) is 5.57 Å². The molecule has 1 heterocycles. The number of fused-ring (bicyclic) bond motifs is 1. The molecule has 4 aromatic rings. The molecule has 2 aliphatic carbocycles. The minimum absolute atomic E-state index is 0.953. The molecule has 0 aromatic heterocycles. The predicted molar refractivity (Wildman–Crippen MR) is 194 cm³/mol. The van der Waals surface area contributed by atoms with E-state index in [-0.39, 0.29) is 0 Å². The summed E-state index contributed by atoms with van der Waals surface area (Å²) in [6.45, 7) is 8.64. The Hall–Kier alpha value is -2.28. The Bertz CT molecular complexity index is 1540. The molecule has 0 bridgehead atoms. The van der Waals surface area contributed by atoms with Crippen LogP contribution < -0.4 is 9.80 Å². The third-order valence-electron chi connectivity index (χ3n) is 8.32. The number of para-hydroxylation sites is 2. The minimum atomic E-state index is -1.88. The molecule has 0 amide bonds. The van der Waals surface area contributed by atoms with Crippen molar-refractivity contribution < 1.29 is 13.5 Å². The van der Waals surface area contributed by atoms with E-state index in [9.17, 15) is 0 Å². The second kappa shape index (κ2) is 16.3. The SMILES string of the molecule is Cc1ccccc1N1[CH-]N(c2ccccc2C)CC1.PC1CCCCC1.[Cl][Ru]([Cl])=[C]1C=C(c2ccccc2)c2ccccc21. The van der Waals surface area contributed by atoms with E-state index in [1.165, 1.54) is 76.9 Å². The van der Waals surface area contributed by atoms with Crippen molar-refractivity contribution in [3.63, 3.8) is 0 Å². The Labute approximate surface area is 279 Å². The van der Waals surface area contributed by atoms with Crippen molar-refractivity contribution >= 4 is 49.7 Å². The molecule has 44 heavy (non-hydrogen) atoms. The summed E-state index contributed by atoms with van der Waals surface area (Å²) in [4.78, 5) is 4.67. The quantitative estimate of drug-likeness (QED) is 0.118. The second-order valence-corrected chi connectivity index (χ2v) is 18.2. The molecule has 6 heteroatoms. The summed E-state index contributed by atoms with van der Waals surface area (Å²) in [5.74, 6) is 0. The molecule has 1 atom stereocenters. The van der Waals surface area contributed by atoms with Crippen molar-refractivity contribution in [2.24, 2.45) is 0 Å². The first-order valence-corrected chi connectivity index (χ1v) is 21.4. The number of benzene rings is 4. The number of hydrogen-bond donors (Lipinski definition) is 0. The number of aryl methyl sites for hydroxylation is 2. The topological polar surface area (TPSA) is 6.48 Å². The summed E-state index contributed by atoms with van der Waals surface area (Å²) in [5, 5.41) is 0. The summed E-state index contributed by atoms with van der Waals surface area (Å²) >= 11 is -1.88. The first-order chi connectivity index (χ1) is 21.4. The van der Waals surface area contributed by atoms with Gasteiger partial charge in [0.1, 0.15) is 0 Å². The van der Waals surface area contributed by atoms with E-state index in [0.29, 0.717) is 0 Å². The molecular weight excluding hydrogens is 687 g/mol. The molecule has 0 N–H and O–H groups in total. The van der Waals surface area contributed by atoms with Gasteiger partial charge in [0.15, 0.2) is 0 Å². The zero-order valence-electron chi connectivity index (χ0n) is 25.6. The van der Waals surface area contributed by atoms with E-state index in [1.807, 2.05) is 24.3 Å². The number of rotatable bonds is 3. The fourth-order valence-electron chi connectivity index (χ4n) is 5.94. The van der Waals surface area contributed by atoms with Crippen LogP contribution in [0.1, 0.15) is 59.9 Å². The summed E-state index contributed by atoms with van der Waals surface area (Å²) < 4.78 is 1.12. The van der Waals surface area contributed by atoms with E-state index >= 15 is 0 Å². The Morgan fingerprint density at radius 1 is 0.659 bits per heavy atom. The Morgan fingerprint density at radius 2 is 1.16 bits per heavy atom. The fraction of sp³-hybridized carbons (Fsp3) is 0.263. The van der Waals surface area contributed by atoms with Crippen LogP contribution in [0, 0.1) is 20.5 Å². The molecule has 1 saturated heterocycles. The summed E-state index contributed by atoms with van der Waals surface area (Å²) in [6, 6.07) is 35.8.